The van der Waals surface area contributed by atoms with Crippen LogP contribution in [0.5, 0.6) is 0 Å². The molecule has 2 aromatic rings. The molecule has 0 amide bonds. The lowest BCUT2D eigenvalue weighted by Crippen LogP contribution is -2.06. The number of nitriles is 1. The van der Waals surface area contributed by atoms with Crippen LogP contribution in [-0.2, 0) is 12.8 Å². The average molecular weight is 224 g/mol. The maximum absolute atomic E-state index is 9.28. The maximum atomic E-state index is 9.28. The van der Waals surface area contributed by atoms with Gasteiger partial charge in [0.25, 0.3) is 0 Å². The Morgan fingerprint density at radius 3 is 3.12 bits per heavy atom. The van der Waals surface area contributed by atoms with E-state index in [1.165, 1.54) is 27.7 Å². The van der Waals surface area contributed by atoms with E-state index in [0.717, 1.165) is 25.7 Å². The average Bonchev–Trinajstić information content (AvgIpc) is 2.75. The number of aromatic amines is 1. The lowest BCUT2D eigenvalue weighted by molar-refractivity contribution is 0.633. The van der Waals surface area contributed by atoms with Crippen LogP contribution in [-0.4, -0.2) is 4.98 Å². The number of hydrogen-bond acceptors (Lipinski definition) is 1. The number of nitrogens with one attached hydrogen (secondary N) is 1. The van der Waals surface area contributed by atoms with E-state index < -0.39 is 0 Å². The number of fused-ring (bicyclic) bond motifs is 3. The molecule has 0 saturated carbocycles. The van der Waals surface area contributed by atoms with Gasteiger partial charge in [-0.1, -0.05) is 13.0 Å². The fourth-order valence-electron chi connectivity index (χ4n) is 2.89. The zero-order valence-electron chi connectivity index (χ0n) is 10.1. The zero-order chi connectivity index (χ0) is 11.8. The summed E-state index contributed by atoms with van der Waals surface area (Å²) in [6.07, 6.45) is 4.27. The molecule has 1 aromatic heterocycles. The van der Waals surface area contributed by atoms with Crippen LogP contribution in [0.15, 0.2) is 18.2 Å². The van der Waals surface area contributed by atoms with Crippen LogP contribution in [0.1, 0.15) is 42.5 Å². The molecule has 2 nitrogen and oxygen atoms in total. The molecular formula is C15H16N2. The fourth-order valence-corrected chi connectivity index (χ4v) is 2.89. The molecule has 1 heterocycles. The van der Waals surface area contributed by atoms with Crippen molar-refractivity contribution in [2.24, 2.45) is 0 Å². The molecule has 0 fully saturated rings. The fraction of sp³-hybridized carbons (Fsp3) is 0.400. The Morgan fingerprint density at radius 2 is 2.35 bits per heavy atom. The summed E-state index contributed by atoms with van der Waals surface area (Å²) in [5.74, 6) is 0.0830. The van der Waals surface area contributed by atoms with Crippen molar-refractivity contribution in [3.05, 3.63) is 35.0 Å². The normalized spacial score (nSPS) is 18.9. The minimum atomic E-state index is 0.0830. The third-order valence-corrected chi connectivity index (χ3v) is 3.82. The summed E-state index contributed by atoms with van der Waals surface area (Å²) < 4.78 is 0. The van der Waals surface area contributed by atoms with E-state index in [2.05, 4.69) is 36.2 Å². The number of aromatic nitrogens is 1. The SMILES string of the molecule is CCc1ccc2[nH]c3c(c2c1)C(C#N)CCC3. The molecule has 3 rings (SSSR count). The van der Waals surface area contributed by atoms with Gasteiger partial charge in [0.05, 0.1) is 12.0 Å². The second kappa shape index (κ2) is 3.92. The van der Waals surface area contributed by atoms with Crippen LogP contribution < -0.4 is 0 Å². The van der Waals surface area contributed by atoms with E-state index >= 15 is 0 Å². The highest BCUT2D eigenvalue weighted by molar-refractivity contribution is 5.86. The van der Waals surface area contributed by atoms with E-state index in [9.17, 15) is 5.26 Å². The molecule has 2 heteroatoms. The monoisotopic (exact) mass is 224 g/mol. The third kappa shape index (κ3) is 1.54. The van der Waals surface area contributed by atoms with E-state index in [0.29, 0.717) is 0 Å². The van der Waals surface area contributed by atoms with Crippen LogP contribution >= 0.6 is 0 Å². The Labute approximate surface area is 101 Å². The summed E-state index contributed by atoms with van der Waals surface area (Å²) in [6, 6.07) is 9.03. The highest BCUT2D eigenvalue weighted by atomic mass is 14.7. The molecule has 0 bridgehead atoms. The van der Waals surface area contributed by atoms with Crippen molar-refractivity contribution in [3.63, 3.8) is 0 Å². The molecule has 1 aliphatic rings. The van der Waals surface area contributed by atoms with E-state index in [1.807, 2.05) is 0 Å². The first-order chi connectivity index (χ1) is 8.33. The Morgan fingerprint density at radius 1 is 1.47 bits per heavy atom. The van der Waals surface area contributed by atoms with Crippen molar-refractivity contribution in [3.8, 4) is 6.07 Å². The van der Waals surface area contributed by atoms with Crippen LogP contribution in [0.25, 0.3) is 10.9 Å². The molecule has 1 N–H and O–H groups in total. The van der Waals surface area contributed by atoms with Gasteiger partial charge in [0.1, 0.15) is 0 Å². The largest absolute Gasteiger partial charge is 0.358 e. The van der Waals surface area contributed by atoms with E-state index in [-0.39, 0.29) is 5.92 Å². The smallest absolute Gasteiger partial charge is 0.0736 e. The van der Waals surface area contributed by atoms with Gasteiger partial charge < -0.3 is 4.98 Å². The summed E-state index contributed by atoms with van der Waals surface area (Å²) in [4.78, 5) is 3.48. The first-order valence-electron chi connectivity index (χ1n) is 6.36. The number of H-pyrrole nitrogens is 1. The van der Waals surface area contributed by atoms with Crippen LogP contribution in [0, 0.1) is 11.3 Å². The number of aryl methyl sites for hydroxylation is 2. The van der Waals surface area contributed by atoms with Gasteiger partial charge in [-0.05, 0) is 48.9 Å². The first-order valence-corrected chi connectivity index (χ1v) is 6.36. The van der Waals surface area contributed by atoms with Crippen LogP contribution in [0.2, 0.25) is 0 Å². The predicted octanol–water partition coefficient (Wildman–Crippen LogP) is 3.67. The van der Waals surface area contributed by atoms with Crippen molar-refractivity contribution < 1.29 is 0 Å². The highest BCUT2D eigenvalue weighted by Gasteiger charge is 2.24. The summed E-state index contributed by atoms with van der Waals surface area (Å²) in [7, 11) is 0. The standard InChI is InChI=1S/C15H16N2/c1-2-10-6-7-13-12(8-10)15-11(9-16)4-3-5-14(15)17-13/h6-8,11,17H,2-5H2,1H3. The molecule has 86 valence electrons. The van der Waals surface area contributed by atoms with Gasteiger partial charge in [0.2, 0.25) is 0 Å². The quantitative estimate of drug-likeness (QED) is 0.788. The molecule has 1 aliphatic carbocycles. The Kier molecular flexibility index (Phi) is 2.40. The Bertz CT molecular complexity index is 601. The molecule has 0 radical (unpaired) electrons. The summed E-state index contributed by atoms with van der Waals surface area (Å²) in [5, 5.41) is 10.5. The molecule has 0 saturated heterocycles. The third-order valence-electron chi connectivity index (χ3n) is 3.82. The minimum absolute atomic E-state index is 0.0830. The topological polar surface area (TPSA) is 39.6 Å². The van der Waals surface area contributed by atoms with Gasteiger partial charge in [-0.3, -0.25) is 0 Å². The lowest BCUT2D eigenvalue weighted by atomic mass is 9.86. The molecule has 1 aromatic carbocycles. The second-order valence-corrected chi connectivity index (χ2v) is 4.82. The van der Waals surface area contributed by atoms with E-state index in [4.69, 9.17) is 0 Å². The molecule has 1 unspecified atom stereocenters. The van der Waals surface area contributed by atoms with Gasteiger partial charge in [0, 0.05) is 16.6 Å². The van der Waals surface area contributed by atoms with Crippen molar-refractivity contribution in [2.75, 3.05) is 0 Å². The number of rotatable bonds is 1. The van der Waals surface area contributed by atoms with Crippen molar-refractivity contribution in [1.29, 1.82) is 5.26 Å². The molecule has 0 spiro atoms. The van der Waals surface area contributed by atoms with E-state index in [1.54, 1.807) is 0 Å². The first kappa shape index (κ1) is 10.4. The second-order valence-electron chi connectivity index (χ2n) is 4.82. The Balaban J connectivity index is 2.27. The summed E-state index contributed by atoms with van der Waals surface area (Å²) in [6.45, 7) is 2.17. The van der Waals surface area contributed by atoms with Gasteiger partial charge in [-0.2, -0.15) is 5.26 Å². The van der Waals surface area contributed by atoms with Gasteiger partial charge >= 0.3 is 0 Å². The number of hydrogen-bond donors (Lipinski definition) is 1. The van der Waals surface area contributed by atoms with Crippen molar-refractivity contribution in [1.82, 2.24) is 4.98 Å². The molecular weight excluding hydrogens is 208 g/mol. The van der Waals surface area contributed by atoms with Crippen molar-refractivity contribution in [2.45, 2.75) is 38.5 Å². The van der Waals surface area contributed by atoms with Gasteiger partial charge in [0.15, 0.2) is 0 Å². The molecule has 17 heavy (non-hydrogen) atoms. The van der Waals surface area contributed by atoms with Crippen LogP contribution in [0.4, 0.5) is 0 Å². The summed E-state index contributed by atoms with van der Waals surface area (Å²) >= 11 is 0. The zero-order valence-corrected chi connectivity index (χ0v) is 10.1. The van der Waals surface area contributed by atoms with Gasteiger partial charge in [-0.15, -0.1) is 0 Å². The highest BCUT2D eigenvalue weighted by Crippen LogP contribution is 2.37. The summed E-state index contributed by atoms with van der Waals surface area (Å²) in [5.41, 5.74) is 5.09. The molecule has 0 aliphatic heterocycles. The Hall–Kier alpha value is -1.75. The lowest BCUT2D eigenvalue weighted by Gasteiger charge is -2.16. The van der Waals surface area contributed by atoms with Crippen molar-refractivity contribution >= 4 is 10.9 Å². The van der Waals surface area contributed by atoms with Gasteiger partial charge in [-0.25, -0.2) is 0 Å². The number of nitrogens with zero attached hydrogens (tertiary/aromatic N) is 1. The molecule has 1 atom stereocenters. The van der Waals surface area contributed by atoms with Crippen LogP contribution in [0.3, 0.4) is 0 Å². The number of benzene rings is 1. The predicted molar refractivity (Wildman–Crippen MR) is 69.0 cm³/mol. The minimum Gasteiger partial charge on any atom is -0.358 e. The maximum Gasteiger partial charge on any atom is 0.0736 e.